The smallest absolute Gasteiger partial charge is 0.264 e. The Bertz CT molecular complexity index is 1280. The van der Waals surface area contributed by atoms with Crippen LogP contribution < -0.4 is 14.5 Å². The van der Waals surface area contributed by atoms with Gasteiger partial charge in [0.2, 0.25) is 5.91 Å². The second-order valence-corrected chi connectivity index (χ2v) is 11.5. The lowest BCUT2D eigenvalue weighted by atomic mass is 10.1. The van der Waals surface area contributed by atoms with Crippen molar-refractivity contribution >= 4 is 27.3 Å². The van der Waals surface area contributed by atoms with E-state index in [0.29, 0.717) is 12.2 Å². The summed E-state index contributed by atoms with van der Waals surface area (Å²) < 4.78 is 28.4. The number of piperidine rings is 1. The molecule has 0 atom stereocenters. The fraction of sp³-hybridized carbons (Fsp3) is 0.345. The molecule has 0 aliphatic carbocycles. The van der Waals surface area contributed by atoms with Crippen LogP contribution in [0.2, 0.25) is 0 Å². The van der Waals surface area contributed by atoms with Crippen LogP contribution in [0.15, 0.2) is 71.6 Å². The second-order valence-electron chi connectivity index (χ2n) is 9.66. The Morgan fingerprint density at radius 1 is 0.833 bits per heavy atom. The zero-order valence-corrected chi connectivity index (χ0v) is 22.1. The van der Waals surface area contributed by atoms with Crippen LogP contribution in [0.5, 0.6) is 0 Å². The lowest BCUT2D eigenvalue weighted by Crippen LogP contribution is -2.40. The number of nitrogens with zero attached hydrogens (tertiary/aromatic N) is 2. The number of sulfonamides is 1. The number of hydrogen-bond acceptors (Lipinski definition) is 4. The van der Waals surface area contributed by atoms with Crippen molar-refractivity contribution in [3.63, 3.8) is 0 Å². The normalized spacial score (nSPS) is 13.9. The molecule has 0 aromatic heterocycles. The molecule has 190 valence electrons. The monoisotopic (exact) mass is 505 g/mol. The van der Waals surface area contributed by atoms with Crippen molar-refractivity contribution in [1.82, 2.24) is 5.32 Å². The van der Waals surface area contributed by atoms with E-state index in [0.717, 1.165) is 35.3 Å². The first-order valence-electron chi connectivity index (χ1n) is 12.5. The number of amides is 1. The van der Waals surface area contributed by atoms with E-state index in [2.05, 4.69) is 22.3 Å². The van der Waals surface area contributed by atoms with E-state index in [1.165, 1.54) is 29.3 Å². The van der Waals surface area contributed by atoms with Gasteiger partial charge >= 0.3 is 0 Å². The summed E-state index contributed by atoms with van der Waals surface area (Å²) in [5, 5.41) is 2.90. The number of carbonyl (C=O) groups is 1. The average Bonchev–Trinajstić information content (AvgIpc) is 2.86. The fourth-order valence-electron chi connectivity index (χ4n) is 4.61. The molecular formula is C29H35N3O3S. The van der Waals surface area contributed by atoms with E-state index in [4.69, 9.17) is 0 Å². The highest BCUT2D eigenvalue weighted by molar-refractivity contribution is 7.92. The van der Waals surface area contributed by atoms with Crippen LogP contribution in [0.25, 0.3) is 0 Å². The van der Waals surface area contributed by atoms with E-state index >= 15 is 0 Å². The highest BCUT2D eigenvalue weighted by Crippen LogP contribution is 2.26. The minimum atomic E-state index is -3.93. The van der Waals surface area contributed by atoms with Gasteiger partial charge in [-0.2, -0.15) is 0 Å². The molecule has 0 bridgehead atoms. The van der Waals surface area contributed by atoms with Gasteiger partial charge in [0.25, 0.3) is 10.0 Å². The summed E-state index contributed by atoms with van der Waals surface area (Å²) in [6.45, 7) is 7.95. The molecule has 3 aromatic carbocycles. The maximum absolute atomic E-state index is 13.6. The van der Waals surface area contributed by atoms with Gasteiger partial charge in [-0.1, -0.05) is 35.9 Å². The first-order chi connectivity index (χ1) is 17.2. The van der Waals surface area contributed by atoms with Gasteiger partial charge in [-0.15, -0.1) is 0 Å². The molecule has 0 saturated carbocycles. The molecule has 7 heteroatoms. The van der Waals surface area contributed by atoms with E-state index in [-0.39, 0.29) is 17.3 Å². The van der Waals surface area contributed by atoms with Gasteiger partial charge in [0.1, 0.15) is 6.54 Å². The first kappa shape index (κ1) is 25.8. The van der Waals surface area contributed by atoms with Crippen LogP contribution in [0.3, 0.4) is 0 Å². The third-order valence-electron chi connectivity index (χ3n) is 6.54. The summed E-state index contributed by atoms with van der Waals surface area (Å²) in [5.74, 6) is -0.357. The highest BCUT2D eigenvalue weighted by Gasteiger charge is 2.27. The Morgan fingerprint density at radius 2 is 1.44 bits per heavy atom. The van der Waals surface area contributed by atoms with Crippen molar-refractivity contribution in [3.8, 4) is 0 Å². The van der Waals surface area contributed by atoms with Gasteiger partial charge in [-0.3, -0.25) is 9.10 Å². The zero-order valence-electron chi connectivity index (χ0n) is 21.3. The van der Waals surface area contributed by atoms with Crippen molar-refractivity contribution in [3.05, 3.63) is 89.0 Å². The molecule has 1 aliphatic heterocycles. The minimum Gasteiger partial charge on any atom is -0.372 e. The lowest BCUT2D eigenvalue weighted by molar-refractivity contribution is -0.119. The van der Waals surface area contributed by atoms with Crippen LogP contribution in [-0.2, 0) is 21.4 Å². The summed E-state index contributed by atoms with van der Waals surface area (Å²) in [4.78, 5) is 15.5. The molecule has 0 spiro atoms. The number of rotatable bonds is 8. The summed E-state index contributed by atoms with van der Waals surface area (Å²) in [6, 6.07) is 20.5. The predicted octanol–water partition coefficient (Wildman–Crippen LogP) is 5.11. The topological polar surface area (TPSA) is 69.7 Å². The Kier molecular flexibility index (Phi) is 7.99. The third-order valence-corrected chi connectivity index (χ3v) is 8.33. The van der Waals surface area contributed by atoms with E-state index < -0.39 is 10.0 Å². The number of anilines is 2. The van der Waals surface area contributed by atoms with Crippen LogP contribution in [-0.4, -0.2) is 34.0 Å². The number of nitrogens with one attached hydrogen (secondary N) is 1. The van der Waals surface area contributed by atoms with Gasteiger partial charge in [0, 0.05) is 25.3 Å². The molecule has 1 amide bonds. The fourth-order valence-corrected chi connectivity index (χ4v) is 6.02. The van der Waals surface area contributed by atoms with Crippen LogP contribution in [0, 0.1) is 20.8 Å². The van der Waals surface area contributed by atoms with Crippen LogP contribution in [0.4, 0.5) is 11.4 Å². The number of carbonyl (C=O) groups excluding carboxylic acids is 1. The van der Waals surface area contributed by atoms with E-state index in [9.17, 15) is 13.2 Å². The molecule has 1 heterocycles. The van der Waals surface area contributed by atoms with Gasteiger partial charge in [-0.05, 0) is 93.1 Å². The Labute approximate surface area is 215 Å². The standard InChI is InChI=1S/C29H35N3O3S/c1-22-7-13-28(14-8-22)36(34,35)32(27-18-23(2)17-24(3)19-27)21-29(33)30-20-25-9-11-26(12-10-25)31-15-5-4-6-16-31/h7-14,17-19H,4-6,15-16,20-21H2,1-3H3,(H,30,33). The minimum absolute atomic E-state index is 0.161. The maximum Gasteiger partial charge on any atom is 0.264 e. The van der Waals surface area contributed by atoms with Gasteiger partial charge in [0.15, 0.2) is 0 Å². The highest BCUT2D eigenvalue weighted by atomic mass is 32.2. The summed E-state index contributed by atoms with van der Waals surface area (Å²) in [6.07, 6.45) is 3.74. The first-order valence-corrected chi connectivity index (χ1v) is 13.9. The summed E-state index contributed by atoms with van der Waals surface area (Å²) in [5.41, 5.74) is 5.50. The molecule has 1 fully saturated rings. The third kappa shape index (κ3) is 6.26. The molecule has 1 saturated heterocycles. The van der Waals surface area contributed by atoms with E-state index in [1.807, 2.05) is 39.0 Å². The molecule has 36 heavy (non-hydrogen) atoms. The average molecular weight is 506 g/mol. The number of benzene rings is 3. The molecule has 6 nitrogen and oxygen atoms in total. The summed E-state index contributed by atoms with van der Waals surface area (Å²) in [7, 11) is -3.93. The molecule has 0 unspecified atom stereocenters. The number of hydrogen-bond donors (Lipinski definition) is 1. The quantitative estimate of drug-likeness (QED) is 0.462. The van der Waals surface area contributed by atoms with Crippen molar-refractivity contribution in [2.24, 2.45) is 0 Å². The largest absolute Gasteiger partial charge is 0.372 e. The molecule has 4 rings (SSSR count). The van der Waals surface area contributed by atoms with Crippen molar-refractivity contribution in [2.75, 3.05) is 28.8 Å². The molecule has 1 aliphatic rings. The van der Waals surface area contributed by atoms with Gasteiger partial charge in [-0.25, -0.2) is 8.42 Å². The summed E-state index contributed by atoms with van der Waals surface area (Å²) >= 11 is 0. The maximum atomic E-state index is 13.6. The Hall–Kier alpha value is -3.32. The Morgan fingerprint density at radius 3 is 2.06 bits per heavy atom. The van der Waals surface area contributed by atoms with Gasteiger partial charge in [0.05, 0.1) is 10.6 Å². The van der Waals surface area contributed by atoms with Gasteiger partial charge < -0.3 is 10.2 Å². The van der Waals surface area contributed by atoms with Crippen LogP contribution >= 0.6 is 0 Å². The zero-order chi connectivity index (χ0) is 25.7. The van der Waals surface area contributed by atoms with Crippen molar-refractivity contribution in [2.45, 2.75) is 51.5 Å². The second kappa shape index (κ2) is 11.2. The molecule has 1 N–H and O–H groups in total. The van der Waals surface area contributed by atoms with Crippen molar-refractivity contribution in [1.29, 1.82) is 0 Å². The molecular weight excluding hydrogens is 470 g/mol. The lowest BCUT2D eigenvalue weighted by Gasteiger charge is -2.28. The predicted molar refractivity (Wildman–Crippen MR) is 146 cm³/mol. The van der Waals surface area contributed by atoms with Crippen LogP contribution in [0.1, 0.15) is 41.5 Å². The van der Waals surface area contributed by atoms with Crippen molar-refractivity contribution < 1.29 is 13.2 Å². The molecule has 0 radical (unpaired) electrons. The number of aryl methyl sites for hydroxylation is 3. The van der Waals surface area contributed by atoms with E-state index in [1.54, 1.807) is 36.4 Å². The SMILES string of the molecule is Cc1ccc(S(=O)(=O)N(CC(=O)NCc2ccc(N3CCCCC3)cc2)c2cc(C)cc(C)c2)cc1. The molecule has 3 aromatic rings. The Balaban J connectivity index is 1.49.